The predicted octanol–water partition coefficient (Wildman–Crippen LogP) is 5.08. The molecule has 0 amide bonds. The largest absolute Gasteiger partial charge is 0.411 e. The number of hydrogen-bond donors (Lipinski definition) is 2. The Morgan fingerprint density at radius 3 is 1.58 bits per heavy atom. The molecule has 0 saturated heterocycles. The van der Waals surface area contributed by atoms with Crippen LogP contribution in [0.25, 0.3) is 0 Å². The molecule has 0 radical (unpaired) electrons. The van der Waals surface area contributed by atoms with Gasteiger partial charge in [0.25, 0.3) is 0 Å². The van der Waals surface area contributed by atoms with Gasteiger partial charge < -0.3 is 14.0 Å². The van der Waals surface area contributed by atoms with Crippen molar-refractivity contribution in [3.63, 3.8) is 0 Å². The van der Waals surface area contributed by atoms with Crippen molar-refractivity contribution in [1.29, 1.82) is 0 Å². The lowest BCUT2D eigenvalue weighted by Crippen LogP contribution is -2.53. The van der Waals surface area contributed by atoms with Gasteiger partial charge in [0.1, 0.15) is 0 Å². The van der Waals surface area contributed by atoms with Crippen LogP contribution in [0.4, 0.5) is 0 Å². The third kappa shape index (κ3) is 4.88. The van der Waals surface area contributed by atoms with Gasteiger partial charge in [0.2, 0.25) is 0 Å². The van der Waals surface area contributed by atoms with E-state index in [2.05, 4.69) is 67.7 Å². The maximum Gasteiger partial charge on any atom is 0.192 e. The van der Waals surface area contributed by atoms with Crippen molar-refractivity contribution in [3.05, 3.63) is 0 Å². The van der Waals surface area contributed by atoms with E-state index in [0.717, 1.165) is 6.42 Å². The first-order chi connectivity index (χ1) is 10.5. The van der Waals surface area contributed by atoms with E-state index in [1.165, 1.54) is 0 Å². The second-order valence-corrected chi connectivity index (χ2v) is 20.6. The fraction of sp³-hybridized carbons (Fsp3) is 1.00. The van der Waals surface area contributed by atoms with Crippen molar-refractivity contribution in [3.8, 4) is 0 Å². The minimum absolute atomic E-state index is 0.0273. The first kappa shape index (κ1) is 22.7. The molecule has 1 aliphatic rings. The molecule has 0 unspecified atom stereocenters. The smallest absolute Gasteiger partial charge is 0.192 e. The molecule has 0 heterocycles. The van der Waals surface area contributed by atoms with Gasteiger partial charge in [-0.1, -0.05) is 41.5 Å². The van der Waals surface area contributed by atoms with E-state index < -0.39 is 16.6 Å². The first-order valence-electron chi connectivity index (χ1n) is 9.18. The lowest BCUT2D eigenvalue weighted by molar-refractivity contribution is 0.0222. The minimum atomic E-state index is -1.93. The van der Waals surface area contributed by atoms with Crippen LogP contribution in [0.5, 0.6) is 0 Å². The normalized spacial score (nSPS) is 30.0. The van der Waals surface area contributed by atoms with Crippen LogP contribution in [0.3, 0.4) is 0 Å². The summed E-state index contributed by atoms with van der Waals surface area (Å²) in [5.41, 5.74) is 0. The van der Waals surface area contributed by atoms with Gasteiger partial charge in [-0.25, -0.2) is 0 Å². The minimum Gasteiger partial charge on any atom is -0.411 e. The molecule has 0 aromatic rings. The molecule has 1 rings (SSSR count). The number of rotatable bonds is 5. The molecule has 1 saturated carbocycles. The summed E-state index contributed by atoms with van der Waals surface area (Å²) in [6, 6.07) is 0. The fourth-order valence-electron chi connectivity index (χ4n) is 2.59. The van der Waals surface area contributed by atoms with E-state index in [1.54, 1.807) is 0 Å². The molecule has 0 spiro atoms. The zero-order valence-corrected chi connectivity index (χ0v) is 20.3. The average molecular weight is 393 g/mol. The number of hydrogen-bond acceptors (Lipinski definition) is 4. The van der Waals surface area contributed by atoms with Gasteiger partial charge in [0.05, 0.1) is 12.2 Å². The van der Waals surface area contributed by atoms with Crippen molar-refractivity contribution in [2.75, 3.05) is 6.61 Å². The van der Waals surface area contributed by atoms with Crippen molar-refractivity contribution in [1.82, 2.24) is 0 Å². The molecule has 1 fully saturated rings. The molecule has 0 aromatic carbocycles. The van der Waals surface area contributed by atoms with Crippen molar-refractivity contribution in [2.24, 2.45) is 5.92 Å². The average Bonchev–Trinajstić information content (AvgIpc) is 2.63. The van der Waals surface area contributed by atoms with Gasteiger partial charge in [-0.3, -0.25) is 0 Å². The van der Waals surface area contributed by atoms with Gasteiger partial charge in [-0.05, 0) is 42.7 Å². The van der Waals surface area contributed by atoms with Gasteiger partial charge in [-0.15, -0.1) is 0 Å². The molecule has 6 heteroatoms. The summed E-state index contributed by atoms with van der Waals surface area (Å²) in [7, 11) is -3.84. The molecule has 0 aliphatic heterocycles. The number of aliphatic hydroxyl groups excluding tert-OH is 1. The van der Waals surface area contributed by atoms with Crippen LogP contribution in [-0.2, 0) is 8.85 Å². The van der Waals surface area contributed by atoms with Crippen LogP contribution in [0.15, 0.2) is 0 Å². The highest BCUT2D eigenvalue weighted by atomic mass is 32.1. The lowest BCUT2D eigenvalue weighted by Gasteiger charge is -2.44. The van der Waals surface area contributed by atoms with Gasteiger partial charge >= 0.3 is 0 Å². The number of aliphatic hydroxyl groups is 1. The highest BCUT2D eigenvalue weighted by molar-refractivity contribution is 7.81. The Hall–Kier alpha value is 0.664. The summed E-state index contributed by atoms with van der Waals surface area (Å²) in [6.07, 6.45) is 0.783. The molecular weight excluding hydrogens is 352 g/mol. The Morgan fingerprint density at radius 2 is 1.25 bits per heavy atom. The summed E-state index contributed by atoms with van der Waals surface area (Å²) in [4.78, 5) is 0. The SMILES string of the molecule is CC(C)(C)[Si](C)(C)O[C@@H]1[C@H](CO)C[C@H](S)[C@@H]1O[Si](C)(C)C(C)(C)C. The molecule has 1 N–H and O–H groups in total. The summed E-state index contributed by atoms with van der Waals surface area (Å²) in [5, 5.41) is 10.3. The monoisotopic (exact) mass is 392 g/mol. The molecule has 0 bridgehead atoms. The van der Waals surface area contributed by atoms with Crippen LogP contribution in [0.2, 0.25) is 36.3 Å². The van der Waals surface area contributed by atoms with Gasteiger partial charge in [0, 0.05) is 17.8 Å². The van der Waals surface area contributed by atoms with Crippen LogP contribution in [0.1, 0.15) is 48.0 Å². The highest BCUT2D eigenvalue weighted by Crippen LogP contribution is 2.45. The molecule has 1 aliphatic carbocycles. The molecule has 4 atom stereocenters. The second kappa shape index (κ2) is 7.35. The van der Waals surface area contributed by atoms with Crippen LogP contribution in [-0.4, -0.2) is 45.8 Å². The maximum absolute atomic E-state index is 9.89. The molecular formula is C18H40O3SSi2. The van der Waals surface area contributed by atoms with Crippen molar-refractivity contribution in [2.45, 2.75) is 102 Å². The summed E-state index contributed by atoms with van der Waals surface area (Å²) in [6.45, 7) is 22.8. The topological polar surface area (TPSA) is 38.7 Å². The highest BCUT2D eigenvalue weighted by Gasteiger charge is 2.51. The summed E-state index contributed by atoms with van der Waals surface area (Å²) in [5.74, 6) is 0.122. The van der Waals surface area contributed by atoms with E-state index >= 15 is 0 Å². The second-order valence-electron chi connectivity index (χ2n) is 10.4. The van der Waals surface area contributed by atoms with Crippen LogP contribution in [0, 0.1) is 5.92 Å². The Balaban J connectivity index is 3.08. The Labute approximate surface area is 157 Å². The Kier molecular flexibility index (Phi) is 6.95. The third-order valence-electron chi connectivity index (χ3n) is 6.42. The van der Waals surface area contributed by atoms with E-state index in [0.29, 0.717) is 0 Å². The Bertz CT molecular complexity index is 427. The van der Waals surface area contributed by atoms with E-state index in [-0.39, 0.29) is 40.1 Å². The van der Waals surface area contributed by atoms with Crippen LogP contribution >= 0.6 is 12.6 Å². The van der Waals surface area contributed by atoms with Gasteiger partial charge in [0.15, 0.2) is 16.6 Å². The summed E-state index contributed by atoms with van der Waals surface area (Å²) < 4.78 is 13.5. The molecule has 3 nitrogen and oxygen atoms in total. The fourth-order valence-corrected chi connectivity index (χ4v) is 5.90. The zero-order valence-electron chi connectivity index (χ0n) is 17.4. The molecule has 24 heavy (non-hydrogen) atoms. The Morgan fingerprint density at radius 1 is 0.875 bits per heavy atom. The first-order valence-corrected chi connectivity index (χ1v) is 15.5. The maximum atomic E-state index is 9.89. The van der Waals surface area contributed by atoms with E-state index in [1.807, 2.05) is 0 Å². The molecule has 144 valence electrons. The number of thiol groups is 1. The third-order valence-corrected chi connectivity index (χ3v) is 15.9. The standard InChI is InChI=1S/C18H40O3SSi2/c1-17(2,3)23(7,8)20-15-13(12-19)11-14(22)16(15)21-24(9,10)18(4,5)6/h13-16,19,22H,11-12H2,1-10H3/t13-,14-,15+,16-/m0/s1. The molecule has 0 aromatic heterocycles. The lowest BCUT2D eigenvalue weighted by atomic mass is 10.1. The predicted molar refractivity (Wildman–Crippen MR) is 112 cm³/mol. The van der Waals surface area contributed by atoms with E-state index in [4.69, 9.17) is 21.5 Å². The van der Waals surface area contributed by atoms with Gasteiger partial charge in [-0.2, -0.15) is 12.6 Å². The summed E-state index contributed by atoms with van der Waals surface area (Å²) >= 11 is 4.81. The van der Waals surface area contributed by atoms with Crippen LogP contribution < -0.4 is 0 Å². The van der Waals surface area contributed by atoms with Crippen molar-refractivity contribution < 1.29 is 14.0 Å². The van der Waals surface area contributed by atoms with E-state index in [9.17, 15) is 5.11 Å². The zero-order chi connectivity index (χ0) is 19.1. The quantitative estimate of drug-likeness (QED) is 0.506. The van der Waals surface area contributed by atoms with Crippen molar-refractivity contribution >= 4 is 29.3 Å².